The van der Waals surface area contributed by atoms with E-state index in [2.05, 4.69) is 18.8 Å². The normalized spacial score (nSPS) is 9.95. The van der Waals surface area contributed by atoms with E-state index in [4.69, 9.17) is 5.11 Å². The van der Waals surface area contributed by atoms with Crippen molar-refractivity contribution >= 4 is 17.7 Å². The maximum Gasteiger partial charge on any atom is 0.303 e. The van der Waals surface area contributed by atoms with Crippen LogP contribution in [0.4, 0.5) is 0 Å². The van der Waals surface area contributed by atoms with Crippen LogP contribution in [0, 0.1) is 11.8 Å². The van der Waals surface area contributed by atoms with Crippen LogP contribution in [-0.4, -0.2) is 22.6 Å². The number of rotatable bonds is 12. The van der Waals surface area contributed by atoms with Gasteiger partial charge in [-0.25, -0.2) is 0 Å². The molecule has 19 heavy (non-hydrogen) atoms. The number of carboxylic acids is 1. The molecular weight excluding hydrogens is 256 g/mol. The lowest BCUT2D eigenvalue weighted by Gasteiger charge is -2.00. The summed E-state index contributed by atoms with van der Waals surface area (Å²) in [6.07, 6.45) is 11.1. The molecular formula is C16H28O2S. The molecule has 0 aliphatic rings. The number of carbonyl (C=O) groups is 1. The lowest BCUT2D eigenvalue weighted by molar-refractivity contribution is -0.137. The fourth-order valence-corrected chi connectivity index (χ4v) is 2.51. The van der Waals surface area contributed by atoms with E-state index < -0.39 is 5.97 Å². The Labute approximate surface area is 122 Å². The van der Waals surface area contributed by atoms with Gasteiger partial charge in [-0.15, -0.1) is 17.7 Å². The average Bonchev–Trinajstić information content (AvgIpc) is 2.39. The van der Waals surface area contributed by atoms with Gasteiger partial charge in [0, 0.05) is 12.8 Å². The Balaban J connectivity index is 3.10. The summed E-state index contributed by atoms with van der Waals surface area (Å²) in [7, 11) is 0. The summed E-state index contributed by atoms with van der Waals surface area (Å²) in [6, 6.07) is 0. The summed E-state index contributed by atoms with van der Waals surface area (Å²) in [6.45, 7) is 2.25. The van der Waals surface area contributed by atoms with Crippen LogP contribution in [0.5, 0.6) is 0 Å². The van der Waals surface area contributed by atoms with Crippen molar-refractivity contribution in [2.75, 3.05) is 11.5 Å². The molecule has 0 aromatic heterocycles. The highest BCUT2D eigenvalue weighted by atomic mass is 32.2. The third kappa shape index (κ3) is 17.4. The van der Waals surface area contributed by atoms with Crippen LogP contribution in [0.25, 0.3) is 0 Å². The highest BCUT2D eigenvalue weighted by molar-refractivity contribution is 7.99. The van der Waals surface area contributed by atoms with Crippen molar-refractivity contribution in [2.45, 2.75) is 71.1 Å². The van der Waals surface area contributed by atoms with Gasteiger partial charge in [-0.2, -0.15) is 0 Å². The van der Waals surface area contributed by atoms with Crippen LogP contribution in [0.3, 0.4) is 0 Å². The van der Waals surface area contributed by atoms with Crippen molar-refractivity contribution in [3.05, 3.63) is 0 Å². The summed E-state index contributed by atoms with van der Waals surface area (Å²) in [5.74, 6) is 7.50. The van der Waals surface area contributed by atoms with Gasteiger partial charge in [-0.3, -0.25) is 4.79 Å². The quantitative estimate of drug-likeness (QED) is 0.416. The molecule has 0 radical (unpaired) electrons. The van der Waals surface area contributed by atoms with E-state index in [-0.39, 0.29) is 6.42 Å². The Bertz CT molecular complexity index is 266. The molecule has 0 saturated heterocycles. The highest BCUT2D eigenvalue weighted by Gasteiger charge is 1.93. The summed E-state index contributed by atoms with van der Waals surface area (Å²) in [5.41, 5.74) is 0. The fraction of sp³-hybridized carbons (Fsp3) is 0.812. The molecule has 0 bridgehead atoms. The molecule has 0 aromatic carbocycles. The standard InChI is InChI=1S/C16H28O2S/c1-2-3-4-5-6-8-11-14-19-15-12-9-7-10-13-16(17)18/h2-8,10-11,13-15H2,1H3,(H,17,18). The third-order valence-corrected chi connectivity index (χ3v) is 3.81. The minimum atomic E-state index is -0.727. The van der Waals surface area contributed by atoms with Gasteiger partial charge in [0.05, 0.1) is 5.75 Å². The summed E-state index contributed by atoms with van der Waals surface area (Å²) >= 11 is 1.90. The molecule has 2 nitrogen and oxygen atoms in total. The zero-order chi connectivity index (χ0) is 14.2. The van der Waals surface area contributed by atoms with Crippen LogP contribution in [0.1, 0.15) is 71.1 Å². The minimum Gasteiger partial charge on any atom is -0.481 e. The van der Waals surface area contributed by atoms with Crippen molar-refractivity contribution in [1.29, 1.82) is 0 Å². The maximum absolute atomic E-state index is 10.3. The molecule has 0 atom stereocenters. The fourth-order valence-electron chi connectivity index (χ4n) is 1.75. The molecule has 0 rings (SSSR count). The van der Waals surface area contributed by atoms with Gasteiger partial charge in [-0.05, 0) is 18.6 Å². The zero-order valence-corrected chi connectivity index (χ0v) is 13.1. The van der Waals surface area contributed by atoms with Crippen LogP contribution < -0.4 is 0 Å². The van der Waals surface area contributed by atoms with Gasteiger partial charge in [0.1, 0.15) is 0 Å². The molecule has 1 N–H and O–H groups in total. The van der Waals surface area contributed by atoms with Gasteiger partial charge in [-0.1, -0.05) is 51.4 Å². The Morgan fingerprint density at radius 1 is 1.00 bits per heavy atom. The van der Waals surface area contributed by atoms with E-state index in [0.29, 0.717) is 12.8 Å². The molecule has 110 valence electrons. The minimum absolute atomic E-state index is 0.236. The summed E-state index contributed by atoms with van der Waals surface area (Å²) in [4.78, 5) is 10.3. The number of unbranched alkanes of at least 4 members (excludes halogenated alkanes) is 7. The zero-order valence-electron chi connectivity index (χ0n) is 12.2. The molecule has 0 heterocycles. The molecule has 3 heteroatoms. The Morgan fingerprint density at radius 3 is 2.37 bits per heavy atom. The van der Waals surface area contributed by atoms with Crippen molar-refractivity contribution in [2.24, 2.45) is 0 Å². The number of hydrogen-bond acceptors (Lipinski definition) is 2. The number of aliphatic carboxylic acids is 1. The lowest BCUT2D eigenvalue weighted by atomic mass is 10.1. The maximum atomic E-state index is 10.3. The first kappa shape index (κ1) is 18.4. The van der Waals surface area contributed by atoms with Crippen molar-refractivity contribution in [3.63, 3.8) is 0 Å². The molecule has 0 saturated carbocycles. The first-order chi connectivity index (χ1) is 9.27. The third-order valence-electron chi connectivity index (χ3n) is 2.88. The van der Waals surface area contributed by atoms with Gasteiger partial charge in [0.2, 0.25) is 0 Å². The Morgan fingerprint density at radius 2 is 1.68 bits per heavy atom. The van der Waals surface area contributed by atoms with Gasteiger partial charge in [0.25, 0.3) is 0 Å². The second-order valence-electron chi connectivity index (χ2n) is 4.77. The second-order valence-corrected chi connectivity index (χ2v) is 5.88. The van der Waals surface area contributed by atoms with Crippen LogP contribution in [0.2, 0.25) is 0 Å². The van der Waals surface area contributed by atoms with Crippen LogP contribution in [0.15, 0.2) is 0 Å². The van der Waals surface area contributed by atoms with Gasteiger partial charge < -0.3 is 5.11 Å². The van der Waals surface area contributed by atoms with Crippen molar-refractivity contribution < 1.29 is 9.90 Å². The molecule has 0 aromatic rings. The number of thioether (sulfide) groups is 1. The molecule has 0 spiro atoms. The number of hydrogen-bond donors (Lipinski definition) is 1. The van der Waals surface area contributed by atoms with E-state index in [1.807, 2.05) is 11.8 Å². The monoisotopic (exact) mass is 284 g/mol. The molecule has 0 amide bonds. The van der Waals surface area contributed by atoms with Crippen molar-refractivity contribution in [1.82, 2.24) is 0 Å². The molecule has 0 aliphatic heterocycles. The lowest BCUT2D eigenvalue weighted by Crippen LogP contribution is -1.92. The topological polar surface area (TPSA) is 37.3 Å². The molecule has 0 aliphatic carbocycles. The van der Waals surface area contributed by atoms with E-state index in [9.17, 15) is 4.79 Å². The van der Waals surface area contributed by atoms with Crippen LogP contribution in [-0.2, 0) is 4.79 Å². The largest absolute Gasteiger partial charge is 0.481 e. The first-order valence-corrected chi connectivity index (χ1v) is 8.68. The SMILES string of the molecule is CCCCCCCCCSCC#CCCCC(=O)O. The van der Waals surface area contributed by atoms with Gasteiger partial charge in [0.15, 0.2) is 0 Å². The predicted molar refractivity (Wildman–Crippen MR) is 84.6 cm³/mol. The van der Waals surface area contributed by atoms with E-state index in [0.717, 1.165) is 5.75 Å². The van der Waals surface area contributed by atoms with E-state index >= 15 is 0 Å². The average molecular weight is 284 g/mol. The number of carboxylic acid groups (broad SMARTS) is 1. The Kier molecular flexibility index (Phi) is 14.9. The second kappa shape index (κ2) is 15.4. The van der Waals surface area contributed by atoms with E-state index in [1.54, 1.807) is 0 Å². The van der Waals surface area contributed by atoms with E-state index in [1.165, 1.54) is 50.7 Å². The molecule has 0 fully saturated rings. The summed E-state index contributed by atoms with van der Waals surface area (Å²) < 4.78 is 0. The highest BCUT2D eigenvalue weighted by Crippen LogP contribution is 2.10. The summed E-state index contributed by atoms with van der Waals surface area (Å²) in [5, 5.41) is 8.45. The first-order valence-electron chi connectivity index (χ1n) is 7.52. The smallest absolute Gasteiger partial charge is 0.303 e. The Hall–Kier alpha value is -0.620. The van der Waals surface area contributed by atoms with Gasteiger partial charge >= 0.3 is 5.97 Å². The van der Waals surface area contributed by atoms with Crippen molar-refractivity contribution in [3.8, 4) is 11.8 Å². The molecule has 0 unspecified atom stereocenters. The van der Waals surface area contributed by atoms with Crippen LogP contribution >= 0.6 is 11.8 Å². The predicted octanol–water partition coefficient (Wildman–Crippen LogP) is 4.73.